The minimum atomic E-state index is 0.835. The van der Waals surface area contributed by atoms with Crippen LogP contribution in [-0.2, 0) is 0 Å². The Hall–Kier alpha value is -1.77. The van der Waals surface area contributed by atoms with Crippen LogP contribution in [0.2, 0.25) is 0 Å². The fourth-order valence-electron chi connectivity index (χ4n) is 2.72. The lowest BCUT2D eigenvalue weighted by Crippen LogP contribution is -2.32. The van der Waals surface area contributed by atoms with Crippen LogP contribution in [0.3, 0.4) is 0 Å². The molecular formula is C15H19N3. The van der Waals surface area contributed by atoms with Crippen molar-refractivity contribution in [1.29, 1.82) is 0 Å². The molecular weight excluding hydrogens is 222 g/mol. The number of nitrogens with zero attached hydrogens (tertiary/aromatic N) is 2. The highest BCUT2D eigenvalue weighted by molar-refractivity contribution is 6.00. The molecule has 0 radical (unpaired) electrons. The first-order valence-corrected chi connectivity index (χ1v) is 6.63. The van der Waals surface area contributed by atoms with Crippen LogP contribution in [0.1, 0.15) is 19.8 Å². The third-order valence-electron chi connectivity index (χ3n) is 3.95. The van der Waals surface area contributed by atoms with Gasteiger partial charge >= 0.3 is 0 Å². The maximum atomic E-state index is 6.03. The number of hydrogen-bond donors (Lipinski definition) is 1. The fourth-order valence-corrected chi connectivity index (χ4v) is 2.72. The van der Waals surface area contributed by atoms with E-state index in [0.717, 1.165) is 30.1 Å². The molecule has 1 aliphatic rings. The molecule has 1 aliphatic heterocycles. The Bertz CT molecular complexity index is 557. The molecule has 1 fully saturated rings. The fraction of sp³-hybridized carbons (Fsp3) is 0.400. The number of benzene rings is 1. The van der Waals surface area contributed by atoms with Crippen molar-refractivity contribution in [2.24, 2.45) is 5.92 Å². The van der Waals surface area contributed by atoms with E-state index in [1.165, 1.54) is 23.9 Å². The Morgan fingerprint density at radius 3 is 2.72 bits per heavy atom. The summed E-state index contributed by atoms with van der Waals surface area (Å²) in [7, 11) is 0. The summed E-state index contributed by atoms with van der Waals surface area (Å²) in [5.74, 6) is 0.847. The van der Waals surface area contributed by atoms with E-state index >= 15 is 0 Å². The van der Waals surface area contributed by atoms with E-state index in [9.17, 15) is 0 Å². The van der Waals surface area contributed by atoms with Crippen molar-refractivity contribution in [3.05, 3.63) is 30.6 Å². The van der Waals surface area contributed by atoms with Gasteiger partial charge in [-0.3, -0.25) is 4.98 Å². The number of pyridine rings is 1. The van der Waals surface area contributed by atoms with Crippen LogP contribution < -0.4 is 10.6 Å². The molecule has 2 N–H and O–H groups in total. The maximum Gasteiger partial charge on any atom is 0.0463 e. The molecule has 0 atom stereocenters. The summed E-state index contributed by atoms with van der Waals surface area (Å²) in [4.78, 5) is 6.70. The summed E-state index contributed by atoms with van der Waals surface area (Å²) in [6.07, 6.45) is 6.28. The second-order valence-corrected chi connectivity index (χ2v) is 5.26. The highest BCUT2D eigenvalue weighted by Crippen LogP contribution is 2.32. The van der Waals surface area contributed by atoms with Crippen molar-refractivity contribution in [3.63, 3.8) is 0 Å². The highest BCUT2D eigenvalue weighted by Gasteiger charge is 2.18. The zero-order valence-electron chi connectivity index (χ0n) is 10.8. The predicted molar refractivity (Wildman–Crippen MR) is 76.8 cm³/mol. The van der Waals surface area contributed by atoms with Crippen molar-refractivity contribution >= 4 is 22.1 Å². The molecule has 0 bridgehead atoms. The molecule has 1 aromatic carbocycles. The lowest BCUT2D eigenvalue weighted by atomic mass is 9.98. The molecule has 2 aromatic rings. The number of aromatic nitrogens is 1. The van der Waals surface area contributed by atoms with Crippen molar-refractivity contribution in [1.82, 2.24) is 4.98 Å². The Labute approximate surface area is 108 Å². The van der Waals surface area contributed by atoms with Gasteiger partial charge in [-0.1, -0.05) is 6.92 Å². The van der Waals surface area contributed by atoms with Gasteiger partial charge in [-0.05, 0) is 37.0 Å². The van der Waals surface area contributed by atoms with Crippen LogP contribution in [0.15, 0.2) is 30.6 Å². The highest BCUT2D eigenvalue weighted by atomic mass is 15.1. The SMILES string of the molecule is CC1CCN(c2ccc(N)c3ccncc23)CC1. The summed E-state index contributed by atoms with van der Waals surface area (Å²) in [5, 5.41) is 2.29. The van der Waals surface area contributed by atoms with Gasteiger partial charge in [-0.15, -0.1) is 0 Å². The van der Waals surface area contributed by atoms with Gasteiger partial charge in [-0.25, -0.2) is 0 Å². The van der Waals surface area contributed by atoms with Gasteiger partial charge in [0.2, 0.25) is 0 Å². The van der Waals surface area contributed by atoms with Crippen molar-refractivity contribution in [2.75, 3.05) is 23.7 Å². The topological polar surface area (TPSA) is 42.1 Å². The first kappa shape index (κ1) is 11.3. The number of fused-ring (bicyclic) bond motifs is 1. The number of rotatable bonds is 1. The Morgan fingerprint density at radius 1 is 1.17 bits per heavy atom. The molecule has 0 aliphatic carbocycles. The summed E-state index contributed by atoms with van der Waals surface area (Å²) < 4.78 is 0. The molecule has 1 saturated heterocycles. The summed E-state index contributed by atoms with van der Waals surface area (Å²) in [5.41, 5.74) is 8.14. The van der Waals surface area contributed by atoms with Crippen LogP contribution in [-0.4, -0.2) is 18.1 Å². The molecule has 0 saturated carbocycles. The molecule has 2 heterocycles. The monoisotopic (exact) mass is 241 g/mol. The van der Waals surface area contributed by atoms with Gasteiger partial charge in [0.15, 0.2) is 0 Å². The largest absolute Gasteiger partial charge is 0.398 e. The molecule has 3 heteroatoms. The van der Waals surface area contributed by atoms with E-state index in [-0.39, 0.29) is 0 Å². The molecule has 3 rings (SSSR count). The zero-order chi connectivity index (χ0) is 12.5. The average Bonchev–Trinajstić information content (AvgIpc) is 2.41. The lowest BCUT2D eigenvalue weighted by Gasteiger charge is -2.33. The van der Waals surface area contributed by atoms with Crippen LogP contribution in [0.5, 0.6) is 0 Å². The third kappa shape index (κ3) is 1.90. The zero-order valence-corrected chi connectivity index (χ0v) is 10.8. The second-order valence-electron chi connectivity index (χ2n) is 5.26. The second kappa shape index (κ2) is 4.48. The lowest BCUT2D eigenvalue weighted by molar-refractivity contribution is 0.439. The summed E-state index contributed by atoms with van der Waals surface area (Å²) in [6.45, 7) is 4.60. The Morgan fingerprint density at radius 2 is 1.94 bits per heavy atom. The molecule has 1 aromatic heterocycles. The van der Waals surface area contributed by atoms with Crippen LogP contribution >= 0.6 is 0 Å². The molecule has 0 amide bonds. The van der Waals surface area contributed by atoms with E-state index in [4.69, 9.17) is 5.73 Å². The van der Waals surface area contributed by atoms with Crippen molar-refractivity contribution in [3.8, 4) is 0 Å². The summed E-state index contributed by atoms with van der Waals surface area (Å²) in [6, 6.07) is 6.14. The predicted octanol–water partition coefficient (Wildman–Crippen LogP) is 3.05. The quantitative estimate of drug-likeness (QED) is 0.780. The molecule has 0 unspecified atom stereocenters. The van der Waals surface area contributed by atoms with E-state index in [2.05, 4.69) is 22.9 Å². The first-order valence-electron chi connectivity index (χ1n) is 6.63. The molecule has 0 spiro atoms. The maximum absolute atomic E-state index is 6.03. The van der Waals surface area contributed by atoms with Crippen LogP contribution in [0, 0.1) is 5.92 Å². The minimum absolute atomic E-state index is 0.835. The number of anilines is 2. The Kier molecular flexibility index (Phi) is 2.82. The number of hydrogen-bond acceptors (Lipinski definition) is 3. The van der Waals surface area contributed by atoms with Gasteiger partial charge in [0.1, 0.15) is 0 Å². The number of nitrogen functional groups attached to an aromatic ring is 1. The van der Waals surface area contributed by atoms with E-state index in [1.54, 1.807) is 6.20 Å². The third-order valence-corrected chi connectivity index (χ3v) is 3.95. The van der Waals surface area contributed by atoms with Gasteiger partial charge in [0.25, 0.3) is 0 Å². The van der Waals surface area contributed by atoms with Gasteiger partial charge in [0, 0.05) is 47.6 Å². The van der Waals surface area contributed by atoms with Gasteiger partial charge in [0.05, 0.1) is 0 Å². The minimum Gasteiger partial charge on any atom is -0.398 e. The van der Waals surface area contributed by atoms with Crippen molar-refractivity contribution in [2.45, 2.75) is 19.8 Å². The molecule has 18 heavy (non-hydrogen) atoms. The van der Waals surface area contributed by atoms with Gasteiger partial charge in [-0.2, -0.15) is 0 Å². The van der Waals surface area contributed by atoms with Gasteiger partial charge < -0.3 is 10.6 Å². The van der Waals surface area contributed by atoms with E-state index in [0.29, 0.717) is 0 Å². The average molecular weight is 241 g/mol. The van der Waals surface area contributed by atoms with E-state index in [1.807, 2.05) is 18.3 Å². The Balaban J connectivity index is 2.04. The van der Waals surface area contributed by atoms with Crippen molar-refractivity contribution < 1.29 is 0 Å². The number of nitrogens with two attached hydrogens (primary N) is 1. The first-order chi connectivity index (χ1) is 8.75. The standard InChI is InChI=1S/C15H19N3/c1-11-5-8-18(9-6-11)15-3-2-14(16)12-4-7-17-10-13(12)15/h2-4,7,10-11H,5-6,8-9,16H2,1H3. The molecule has 3 nitrogen and oxygen atoms in total. The number of piperidine rings is 1. The molecule has 94 valence electrons. The summed E-state index contributed by atoms with van der Waals surface area (Å²) >= 11 is 0. The normalized spacial score (nSPS) is 17.3. The van der Waals surface area contributed by atoms with E-state index < -0.39 is 0 Å². The van der Waals surface area contributed by atoms with Crippen LogP contribution in [0.4, 0.5) is 11.4 Å². The van der Waals surface area contributed by atoms with Crippen LogP contribution in [0.25, 0.3) is 10.8 Å². The smallest absolute Gasteiger partial charge is 0.0463 e.